The zero-order valence-corrected chi connectivity index (χ0v) is 13.0. The van der Waals surface area contributed by atoms with Crippen molar-refractivity contribution in [2.45, 2.75) is 20.3 Å². The number of para-hydroxylation sites is 1. The summed E-state index contributed by atoms with van der Waals surface area (Å²) in [7, 11) is 0. The number of nitrogens with one attached hydrogen (secondary N) is 1. The highest BCUT2D eigenvalue weighted by atomic mass is 16.2. The molecule has 0 saturated carbocycles. The SMILES string of the molecule is CC(C)=CCN1CCCN(C(=O)Nc2ccccc2)CC1. The normalized spacial score (nSPS) is 16.2. The van der Waals surface area contributed by atoms with Crippen LogP contribution in [0.1, 0.15) is 20.3 Å². The van der Waals surface area contributed by atoms with Crippen LogP contribution in [0.15, 0.2) is 42.0 Å². The van der Waals surface area contributed by atoms with Gasteiger partial charge in [-0.2, -0.15) is 0 Å². The van der Waals surface area contributed by atoms with Crippen molar-refractivity contribution in [2.75, 3.05) is 38.0 Å². The van der Waals surface area contributed by atoms with Gasteiger partial charge in [-0.25, -0.2) is 4.79 Å². The third-order valence-corrected chi connectivity index (χ3v) is 3.66. The Morgan fingerprint density at radius 3 is 2.62 bits per heavy atom. The predicted molar refractivity (Wildman–Crippen MR) is 87.5 cm³/mol. The fraction of sp³-hybridized carbons (Fsp3) is 0.471. The van der Waals surface area contributed by atoms with Crippen molar-refractivity contribution in [2.24, 2.45) is 0 Å². The molecule has 1 aromatic rings. The second kappa shape index (κ2) is 7.84. The Morgan fingerprint density at radius 2 is 1.90 bits per heavy atom. The van der Waals surface area contributed by atoms with Crippen LogP contribution < -0.4 is 5.32 Å². The highest BCUT2D eigenvalue weighted by Gasteiger charge is 2.18. The van der Waals surface area contributed by atoms with E-state index < -0.39 is 0 Å². The van der Waals surface area contributed by atoms with Crippen LogP contribution in [0.4, 0.5) is 10.5 Å². The number of carbonyl (C=O) groups excluding carboxylic acids is 1. The van der Waals surface area contributed by atoms with Gasteiger partial charge in [-0.3, -0.25) is 4.90 Å². The number of benzene rings is 1. The lowest BCUT2D eigenvalue weighted by molar-refractivity contribution is 0.212. The van der Waals surface area contributed by atoms with Crippen molar-refractivity contribution in [3.63, 3.8) is 0 Å². The number of carbonyl (C=O) groups is 1. The fourth-order valence-corrected chi connectivity index (χ4v) is 2.39. The molecule has 1 aliphatic rings. The summed E-state index contributed by atoms with van der Waals surface area (Å²) >= 11 is 0. The molecule has 1 aromatic carbocycles. The van der Waals surface area contributed by atoms with Gasteiger partial charge in [0, 0.05) is 38.4 Å². The lowest BCUT2D eigenvalue weighted by Crippen LogP contribution is -2.38. The van der Waals surface area contributed by atoms with E-state index >= 15 is 0 Å². The van der Waals surface area contributed by atoms with E-state index in [9.17, 15) is 4.79 Å². The molecule has 0 spiro atoms. The van der Waals surface area contributed by atoms with Crippen LogP contribution in [0.2, 0.25) is 0 Å². The lowest BCUT2D eigenvalue weighted by Gasteiger charge is -2.21. The molecule has 0 atom stereocenters. The number of hydrogen-bond donors (Lipinski definition) is 1. The van der Waals surface area contributed by atoms with Gasteiger partial charge in [0.1, 0.15) is 0 Å². The average Bonchev–Trinajstić information content (AvgIpc) is 2.71. The van der Waals surface area contributed by atoms with E-state index in [1.165, 1.54) is 5.57 Å². The molecule has 0 radical (unpaired) electrons. The number of allylic oxidation sites excluding steroid dienone is 1. The molecule has 0 aromatic heterocycles. The van der Waals surface area contributed by atoms with Crippen molar-refractivity contribution in [1.82, 2.24) is 9.80 Å². The molecule has 0 unspecified atom stereocenters. The quantitative estimate of drug-likeness (QED) is 0.867. The van der Waals surface area contributed by atoms with Gasteiger partial charge < -0.3 is 10.2 Å². The third-order valence-electron chi connectivity index (χ3n) is 3.66. The number of urea groups is 1. The number of amides is 2. The highest BCUT2D eigenvalue weighted by molar-refractivity contribution is 5.89. The Balaban J connectivity index is 1.85. The van der Waals surface area contributed by atoms with E-state index in [-0.39, 0.29) is 6.03 Å². The minimum atomic E-state index is 0.00487. The smallest absolute Gasteiger partial charge is 0.321 e. The molecule has 1 N–H and O–H groups in total. The summed E-state index contributed by atoms with van der Waals surface area (Å²) in [6, 6.07) is 9.64. The molecule has 2 rings (SSSR count). The summed E-state index contributed by atoms with van der Waals surface area (Å²) in [5.41, 5.74) is 2.20. The van der Waals surface area contributed by atoms with Gasteiger partial charge in [-0.15, -0.1) is 0 Å². The average molecular weight is 287 g/mol. The van der Waals surface area contributed by atoms with Crippen LogP contribution in [0, 0.1) is 0 Å². The molecular formula is C17H25N3O. The first-order valence-electron chi connectivity index (χ1n) is 7.62. The van der Waals surface area contributed by atoms with Crippen LogP contribution >= 0.6 is 0 Å². The number of hydrogen-bond acceptors (Lipinski definition) is 2. The second-order valence-electron chi connectivity index (χ2n) is 5.72. The molecule has 2 amide bonds. The molecule has 4 heteroatoms. The van der Waals surface area contributed by atoms with Crippen LogP contribution in [-0.2, 0) is 0 Å². The number of nitrogens with zero attached hydrogens (tertiary/aromatic N) is 2. The predicted octanol–water partition coefficient (Wildman–Crippen LogP) is 3.19. The van der Waals surface area contributed by atoms with E-state index in [1.807, 2.05) is 35.2 Å². The van der Waals surface area contributed by atoms with Crippen LogP contribution in [0.25, 0.3) is 0 Å². The maximum absolute atomic E-state index is 12.3. The Labute approximate surface area is 127 Å². The van der Waals surface area contributed by atoms with Gasteiger partial charge in [0.2, 0.25) is 0 Å². The molecule has 21 heavy (non-hydrogen) atoms. The first-order chi connectivity index (χ1) is 10.1. The highest BCUT2D eigenvalue weighted by Crippen LogP contribution is 2.09. The summed E-state index contributed by atoms with van der Waals surface area (Å²) in [5, 5.41) is 2.96. The summed E-state index contributed by atoms with van der Waals surface area (Å²) in [6.45, 7) is 8.83. The molecule has 1 heterocycles. The fourth-order valence-electron chi connectivity index (χ4n) is 2.39. The monoisotopic (exact) mass is 287 g/mol. The van der Waals surface area contributed by atoms with E-state index in [2.05, 4.69) is 30.1 Å². The standard InChI is InChI=1S/C17H25N3O/c1-15(2)9-12-19-10-6-11-20(14-13-19)17(21)18-16-7-4-3-5-8-16/h3-5,7-9H,6,10-14H2,1-2H3,(H,18,21). The Hall–Kier alpha value is -1.81. The van der Waals surface area contributed by atoms with Gasteiger partial charge in [0.25, 0.3) is 0 Å². The van der Waals surface area contributed by atoms with E-state index in [0.29, 0.717) is 0 Å². The zero-order valence-electron chi connectivity index (χ0n) is 13.0. The maximum atomic E-state index is 12.3. The van der Waals surface area contributed by atoms with Crippen molar-refractivity contribution >= 4 is 11.7 Å². The van der Waals surface area contributed by atoms with Crippen LogP contribution in [0.3, 0.4) is 0 Å². The van der Waals surface area contributed by atoms with Crippen LogP contribution in [0.5, 0.6) is 0 Å². The van der Waals surface area contributed by atoms with Crippen molar-refractivity contribution < 1.29 is 4.79 Å². The molecular weight excluding hydrogens is 262 g/mol. The first kappa shape index (κ1) is 15.6. The minimum absolute atomic E-state index is 0.00487. The molecule has 4 nitrogen and oxygen atoms in total. The van der Waals surface area contributed by atoms with Crippen molar-refractivity contribution in [3.8, 4) is 0 Å². The molecule has 1 saturated heterocycles. The van der Waals surface area contributed by atoms with Gasteiger partial charge >= 0.3 is 6.03 Å². The molecule has 0 aliphatic carbocycles. The van der Waals surface area contributed by atoms with Gasteiger partial charge in [0.05, 0.1) is 0 Å². The molecule has 114 valence electrons. The lowest BCUT2D eigenvalue weighted by atomic mass is 10.3. The van der Waals surface area contributed by atoms with Crippen molar-refractivity contribution in [1.29, 1.82) is 0 Å². The Bertz CT molecular complexity index is 480. The summed E-state index contributed by atoms with van der Waals surface area (Å²) in [6.07, 6.45) is 3.28. The Kier molecular flexibility index (Phi) is 5.81. The van der Waals surface area contributed by atoms with Gasteiger partial charge in [-0.05, 0) is 32.4 Å². The summed E-state index contributed by atoms with van der Waals surface area (Å²) in [4.78, 5) is 16.6. The number of anilines is 1. The number of rotatable bonds is 3. The Morgan fingerprint density at radius 1 is 1.14 bits per heavy atom. The molecule has 0 bridgehead atoms. The van der Waals surface area contributed by atoms with Gasteiger partial charge in [0.15, 0.2) is 0 Å². The summed E-state index contributed by atoms with van der Waals surface area (Å²) < 4.78 is 0. The van der Waals surface area contributed by atoms with E-state index in [1.54, 1.807) is 0 Å². The maximum Gasteiger partial charge on any atom is 0.321 e. The molecule has 1 aliphatic heterocycles. The first-order valence-corrected chi connectivity index (χ1v) is 7.62. The largest absolute Gasteiger partial charge is 0.323 e. The van der Waals surface area contributed by atoms with E-state index in [0.717, 1.165) is 44.8 Å². The van der Waals surface area contributed by atoms with Gasteiger partial charge in [-0.1, -0.05) is 29.8 Å². The van der Waals surface area contributed by atoms with Crippen LogP contribution in [-0.4, -0.2) is 48.6 Å². The zero-order chi connectivity index (χ0) is 15.1. The topological polar surface area (TPSA) is 35.6 Å². The second-order valence-corrected chi connectivity index (χ2v) is 5.72. The minimum Gasteiger partial charge on any atom is -0.323 e. The third kappa shape index (κ3) is 5.23. The molecule has 1 fully saturated rings. The van der Waals surface area contributed by atoms with Crippen molar-refractivity contribution in [3.05, 3.63) is 42.0 Å². The summed E-state index contributed by atoms with van der Waals surface area (Å²) in [5.74, 6) is 0. The van der Waals surface area contributed by atoms with E-state index in [4.69, 9.17) is 0 Å².